The van der Waals surface area contributed by atoms with E-state index in [0.29, 0.717) is 23.9 Å². The summed E-state index contributed by atoms with van der Waals surface area (Å²) in [6.45, 7) is 3.03. The predicted molar refractivity (Wildman–Crippen MR) is 104 cm³/mol. The highest BCUT2D eigenvalue weighted by Crippen LogP contribution is 2.23. The van der Waals surface area contributed by atoms with Gasteiger partial charge in [-0.2, -0.15) is 5.10 Å². The van der Waals surface area contributed by atoms with Gasteiger partial charge in [0.25, 0.3) is 0 Å². The molecule has 2 aromatic rings. The Morgan fingerprint density at radius 1 is 1.19 bits per heavy atom. The lowest BCUT2D eigenvalue weighted by atomic mass is 10.2. The van der Waals surface area contributed by atoms with E-state index in [1.807, 2.05) is 55.4 Å². The molecule has 0 radical (unpaired) electrons. The summed E-state index contributed by atoms with van der Waals surface area (Å²) in [5, 5.41) is 6.45. The third-order valence-corrected chi connectivity index (χ3v) is 4.44. The molecule has 26 heavy (non-hydrogen) atoms. The molecule has 1 aliphatic rings. The summed E-state index contributed by atoms with van der Waals surface area (Å²) in [6.07, 6.45) is 2.54. The number of hydrogen-bond acceptors (Lipinski definition) is 4. The van der Waals surface area contributed by atoms with Crippen LogP contribution in [0.1, 0.15) is 12.2 Å². The van der Waals surface area contributed by atoms with Crippen LogP contribution in [0.3, 0.4) is 0 Å². The maximum absolute atomic E-state index is 12.3. The van der Waals surface area contributed by atoms with Crippen LogP contribution in [0.5, 0.6) is 0 Å². The molecular weight excluding hydrogens is 352 g/mol. The Morgan fingerprint density at radius 2 is 1.96 bits per heavy atom. The first-order valence-electron chi connectivity index (χ1n) is 8.64. The number of carbonyl (C=O) groups excluding carboxylic acids is 1. The molecule has 1 aromatic carbocycles. The lowest BCUT2D eigenvalue weighted by Gasteiger charge is -2.17. The van der Waals surface area contributed by atoms with E-state index < -0.39 is 0 Å². The Bertz CT molecular complexity index is 770. The van der Waals surface area contributed by atoms with E-state index in [4.69, 9.17) is 16.0 Å². The van der Waals surface area contributed by atoms with Gasteiger partial charge in [-0.3, -0.25) is 0 Å². The van der Waals surface area contributed by atoms with Crippen molar-refractivity contribution in [2.75, 3.05) is 40.3 Å². The summed E-state index contributed by atoms with van der Waals surface area (Å²) in [4.78, 5) is 16.3. The fourth-order valence-electron chi connectivity index (χ4n) is 2.78. The first-order valence-corrected chi connectivity index (χ1v) is 9.01. The molecule has 2 amide bonds. The van der Waals surface area contributed by atoms with Gasteiger partial charge in [-0.25, -0.2) is 9.80 Å². The number of amides is 2. The fourth-order valence-corrected chi connectivity index (χ4v) is 2.91. The lowest BCUT2D eigenvalue weighted by Crippen LogP contribution is -2.31. The normalized spacial score (nSPS) is 15.0. The number of benzene rings is 1. The maximum atomic E-state index is 12.3. The van der Waals surface area contributed by atoms with E-state index in [2.05, 4.69) is 10.0 Å². The zero-order chi connectivity index (χ0) is 18.5. The molecule has 0 spiro atoms. The summed E-state index contributed by atoms with van der Waals surface area (Å²) in [7, 11) is 4.06. The topological polar surface area (TPSA) is 52.3 Å². The average Bonchev–Trinajstić information content (AvgIpc) is 3.21. The number of nitrogens with zero attached hydrogens (tertiary/aromatic N) is 4. The van der Waals surface area contributed by atoms with Gasteiger partial charge in [0.05, 0.1) is 12.8 Å². The highest BCUT2D eigenvalue weighted by Gasteiger charge is 2.27. The van der Waals surface area contributed by atoms with Crippen molar-refractivity contribution in [3.8, 4) is 11.3 Å². The number of halogens is 1. The minimum atomic E-state index is -0.0514. The van der Waals surface area contributed by atoms with Gasteiger partial charge in [0.1, 0.15) is 11.5 Å². The second-order valence-corrected chi connectivity index (χ2v) is 6.94. The largest absolute Gasteiger partial charge is 0.455 e. The molecule has 0 unspecified atom stereocenters. The van der Waals surface area contributed by atoms with Crippen molar-refractivity contribution in [3.05, 3.63) is 47.2 Å². The quantitative estimate of drug-likeness (QED) is 0.695. The van der Waals surface area contributed by atoms with Crippen LogP contribution in [0.15, 0.2) is 45.9 Å². The van der Waals surface area contributed by atoms with Crippen LogP contribution in [0.2, 0.25) is 5.02 Å². The number of rotatable bonds is 7. The number of hydrazone groups is 1. The van der Waals surface area contributed by atoms with Crippen molar-refractivity contribution < 1.29 is 9.21 Å². The van der Waals surface area contributed by atoms with E-state index >= 15 is 0 Å². The van der Waals surface area contributed by atoms with Gasteiger partial charge in [-0.15, -0.1) is 0 Å². The highest BCUT2D eigenvalue weighted by atomic mass is 35.5. The minimum absolute atomic E-state index is 0.0514. The van der Waals surface area contributed by atoms with Crippen LogP contribution in [0.25, 0.3) is 11.3 Å². The first kappa shape index (κ1) is 18.5. The molecule has 0 atom stereocenters. The van der Waals surface area contributed by atoms with Crippen molar-refractivity contribution in [1.29, 1.82) is 0 Å². The Hall–Kier alpha value is -2.31. The van der Waals surface area contributed by atoms with Crippen LogP contribution >= 0.6 is 11.6 Å². The fraction of sp³-hybridized carbons (Fsp3) is 0.368. The third-order valence-electron chi connectivity index (χ3n) is 4.19. The van der Waals surface area contributed by atoms with Crippen molar-refractivity contribution in [2.24, 2.45) is 5.10 Å². The SMILES string of the molecule is CN(C)CCCN1CCN(/N=C/c2ccc(-c3ccc(Cl)cc3)o2)C1=O. The van der Waals surface area contributed by atoms with Crippen LogP contribution in [0.4, 0.5) is 4.79 Å². The second kappa shape index (κ2) is 8.38. The molecule has 2 heterocycles. The van der Waals surface area contributed by atoms with Gasteiger partial charge in [0, 0.05) is 23.7 Å². The van der Waals surface area contributed by atoms with E-state index in [-0.39, 0.29) is 6.03 Å². The Balaban J connectivity index is 1.57. The molecule has 1 saturated heterocycles. The van der Waals surface area contributed by atoms with Gasteiger partial charge >= 0.3 is 6.03 Å². The molecule has 0 aliphatic carbocycles. The summed E-state index contributed by atoms with van der Waals surface area (Å²) in [6, 6.07) is 11.1. The number of urea groups is 1. The monoisotopic (exact) mass is 374 g/mol. The summed E-state index contributed by atoms with van der Waals surface area (Å²) in [5.41, 5.74) is 0.943. The van der Waals surface area contributed by atoms with E-state index in [1.54, 1.807) is 6.21 Å². The summed E-state index contributed by atoms with van der Waals surface area (Å²) >= 11 is 5.90. The number of furan rings is 1. The van der Waals surface area contributed by atoms with Gasteiger partial charge in [-0.05, 0) is 63.5 Å². The van der Waals surface area contributed by atoms with Crippen molar-refractivity contribution in [2.45, 2.75) is 6.42 Å². The molecule has 1 aliphatic heterocycles. The molecular formula is C19H23ClN4O2. The van der Waals surface area contributed by atoms with Crippen LogP contribution in [-0.2, 0) is 0 Å². The van der Waals surface area contributed by atoms with E-state index in [9.17, 15) is 4.79 Å². The smallest absolute Gasteiger partial charge is 0.340 e. The molecule has 138 valence electrons. The molecule has 0 saturated carbocycles. The molecule has 6 nitrogen and oxygen atoms in total. The molecule has 0 N–H and O–H groups in total. The Kier molecular flexibility index (Phi) is 5.96. The third kappa shape index (κ3) is 4.65. The van der Waals surface area contributed by atoms with Gasteiger partial charge < -0.3 is 14.2 Å². The summed E-state index contributed by atoms with van der Waals surface area (Å²) < 4.78 is 5.77. The van der Waals surface area contributed by atoms with Gasteiger partial charge in [-0.1, -0.05) is 11.6 Å². The van der Waals surface area contributed by atoms with Crippen molar-refractivity contribution >= 4 is 23.8 Å². The molecule has 0 bridgehead atoms. The van der Waals surface area contributed by atoms with Crippen LogP contribution in [0, 0.1) is 0 Å². The average molecular weight is 375 g/mol. The van der Waals surface area contributed by atoms with Crippen LogP contribution < -0.4 is 0 Å². The van der Waals surface area contributed by atoms with Gasteiger partial charge in [0.2, 0.25) is 0 Å². The van der Waals surface area contributed by atoms with Crippen molar-refractivity contribution in [3.63, 3.8) is 0 Å². The predicted octanol–water partition coefficient (Wildman–Crippen LogP) is 3.62. The maximum Gasteiger partial charge on any atom is 0.340 e. The zero-order valence-corrected chi connectivity index (χ0v) is 15.8. The second-order valence-electron chi connectivity index (χ2n) is 6.50. The highest BCUT2D eigenvalue weighted by molar-refractivity contribution is 6.30. The summed E-state index contributed by atoms with van der Waals surface area (Å²) in [5.74, 6) is 1.34. The Morgan fingerprint density at radius 3 is 2.69 bits per heavy atom. The number of hydrogen-bond donors (Lipinski definition) is 0. The van der Waals surface area contributed by atoms with E-state index in [0.717, 1.165) is 30.8 Å². The molecule has 1 fully saturated rings. The zero-order valence-electron chi connectivity index (χ0n) is 15.1. The van der Waals surface area contributed by atoms with Crippen LogP contribution in [-0.4, -0.2) is 67.3 Å². The van der Waals surface area contributed by atoms with Crippen molar-refractivity contribution in [1.82, 2.24) is 14.8 Å². The lowest BCUT2D eigenvalue weighted by molar-refractivity contribution is 0.192. The molecule has 3 rings (SSSR count). The Labute approximate surface area is 158 Å². The molecule has 1 aromatic heterocycles. The standard InChI is InChI=1S/C19H23ClN4O2/c1-22(2)10-3-11-23-12-13-24(19(23)25)21-14-17-8-9-18(26-17)15-4-6-16(20)7-5-15/h4-9,14H,3,10-13H2,1-2H3/b21-14+. The molecule has 7 heteroatoms. The minimum Gasteiger partial charge on any atom is -0.455 e. The van der Waals surface area contributed by atoms with E-state index in [1.165, 1.54) is 5.01 Å². The number of carbonyl (C=O) groups is 1. The first-order chi connectivity index (χ1) is 12.5. The van der Waals surface area contributed by atoms with Gasteiger partial charge in [0.15, 0.2) is 0 Å².